The molecule has 108 valence electrons. The third kappa shape index (κ3) is 2.42. The van der Waals surface area contributed by atoms with Crippen LogP contribution in [0.4, 0.5) is 0 Å². The van der Waals surface area contributed by atoms with E-state index in [0.29, 0.717) is 28.1 Å². The maximum absolute atomic E-state index is 11.5. The molecule has 22 heavy (non-hydrogen) atoms. The van der Waals surface area contributed by atoms with Crippen molar-refractivity contribution in [3.63, 3.8) is 0 Å². The number of carbonyl (C=O) groups excluding carboxylic acids is 1. The lowest BCUT2D eigenvalue weighted by Gasteiger charge is -1.99. The number of hydrogen-bond donors (Lipinski definition) is 0. The molecule has 0 aliphatic rings. The van der Waals surface area contributed by atoms with Crippen LogP contribution in [0.2, 0.25) is 0 Å². The Hall–Kier alpha value is -3.13. The number of aromatic nitrogens is 1. The number of hydrogen-bond acceptors (Lipinski definition) is 5. The lowest BCUT2D eigenvalue weighted by Crippen LogP contribution is -2.00. The smallest absolute Gasteiger partial charge is 0.337 e. The van der Waals surface area contributed by atoms with Crippen molar-refractivity contribution in [3.05, 3.63) is 53.1 Å². The Morgan fingerprint density at radius 2 is 2.09 bits per heavy atom. The lowest BCUT2D eigenvalue weighted by atomic mass is 10.1. The number of methoxy groups -OCH3 is 1. The van der Waals surface area contributed by atoms with Crippen LogP contribution in [0.15, 0.2) is 40.8 Å². The summed E-state index contributed by atoms with van der Waals surface area (Å²) in [5.41, 5.74) is 3.77. The van der Waals surface area contributed by atoms with Gasteiger partial charge in [0.05, 0.1) is 24.3 Å². The Balaban J connectivity index is 2.11. The van der Waals surface area contributed by atoms with Gasteiger partial charge in [0.25, 0.3) is 0 Å². The standard InChI is InChI=1S/C17H12N2O3/c1-10-5-11(9-18)7-13(6-10)16-19-14-4-3-12(17(20)21-2)8-15(14)22-16/h3-8H,1-2H3. The number of fused-ring (bicyclic) bond motifs is 1. The van der Waals surface area contributed by atoms with E-state index in [0.717, 1.165) is 11.1 Å². The van der Waals surface area contributed by atoms with Crippen molar-refractivity contribution in [2.75, 3.05) is 7.11 Å². The number of oxazole rings is 1. The molecule has 5 heteroatoms. The zero-order valence-corrected chi connectivity index (χ0v) is 12.1. The second-order valence-electron chi connectivity index (χ2n) is 4.89. The largest absolute Gasteiger partial charge is 0.465 e. The van der Waals surface area contributed by atoms with Gasteiger partial charge in [-0.15, -0.1) is 0 Å². The van der Waals surface area contributed by atoms with E-state index < -0.39 is 5.97 Å². The minimum Gasteiger partial charge on any atom is -0.465 e. The summed E-state index contributed by atoms with van der Waals surface area (Å²) < 4.78 is 10.4. The van der Waals surface area contributed by atoms with Crippen LogP contribution in [-0.4, -0.2) is 18.1 Å². The molecule has 0 spiro atoms. The Morgan fingerprint density at radius 1 is 1.27 bits per heavy atom. The summed E-state index contributed by atoms with van der Waals surface area (Å²) in [5, 5.41) is 9.05. The molecular formula is C17H12N2O3. The number of nitriles is 1. The molecule has 3 aromatic rings. The third-order valence-corrected chi connectivity index (χ3v) is 3.26. The van der Waals surface area contributed by atoms with Gasteiger partial charge in [-0.2, -0.15) is 5.26 Å². The van der Waals surface area contributed by atoms with E-state index in [1.165, 1.54) is 7.11 Å². The Morgan fingerprint density at radius 3 is 2.82 bits per heavy atom. The van der Waals surface area contributed by atoms with Crippen LogP contribution in [0, 0.1) is 18.3 Å². The second-order valence-corrected chi connectivity index (χ2v) is 4.89. The van der Waals surface area contributed by atoms with Crippen LogP contribution < -0.4 is 0 Å². The minimum atomic E-state index is -0.429. The highest BCUT2D eigenvalue weighted by atomic mass is 16.5. The minimum absolute atomic E-state index is 0.402. The maximum atomic E-state index is 11.5. The van der Waals surface area contributed by atoms with E-state index in [-0.39, 0.29) is 0 Å². The van der Waals surface area contributed by atoms with Crippen LogP contribution in [0.5, 0.6) is 0 Å². The zero-order valence-electron chi connectivity index (χ0n) is 12.1. The van der Waals surface area contributed by atoms with Gasteiger partial charge in [0.15, 0.2) is 5.58 Å². The molecule has 1 aromatic heterocycles. The van der Waals surface area contributed by atoms with Crippen LogP contribution in [0.3, 0.4) is 0 Å². The number of benzene rings is 2. The summed E-state index contributed by atoms with van der Waals surface area (Å²) >= 11 is 0. The summed E-state index contributed by atoms with van der Waals surface area (Å²) in [6.45, 7) is 1.91. The van der Waals surface area contributed by atoms with Gasteiger partial charge in [0.1, 0.15) is 5.52 Å². The average molecular weight is 292 g/mol. The van der Waals surface area contributed by atoms with Gasteiger partial charge < -0.3 is 9.15 Å². The maximum Gasteiger partial charge on any atom is 0.337 e. The SMILES string of the molecule is COC(=O)c1ccc2nc(-c3cc(C)cc(C#N)c3)oc2c1. The summed E-state index contributed by atoms with van der Waals surface area (Å²) in [5.74, 6) is -0.0145. The Kier molecular flexibility index (Phi) is 3.36. The fourth-order valence-corrected chi connectivity index (χ4v) is 2.26. The normalized spacial score (nSPS) is 10.4. The van der Waals surface area contributed by atoms with Crippen LogP contribution in [0.1, 0.15) is 21.5 Å². The van der Waals surface area contributed by atoms with Gasteiger partial charge in [-0.1, -0.05) is 0 Å². The summed E-state index contributed by atoms with van der Waals surface area (Å²) in [6.07, 6.45) is 0. The van der Waals surface area contributed by atoms with Gasteiger partial charge >= 0.3 is 5.97 Å². The van der Waals surface area contributed by atoms with Crippen molar-refractivity contribution in [2.24, 2.45) is 0 Å². The fourth-order valence-electron chi connectivity index (χ4n) is 2.26. The number of nitrogens with zero attached hydrogens (tertiary/aromatic N) is 2. The van der Waals surface area contributed by atoms with Gasteiger partial charge in [-0.25, -0.2) is 9.78 Å². The van der Waals surface area contributed by atoms with Crippen LogP contribution in [0.25, 0.3) is 22.6 Å². The zero-order chi connectivity index (χ0) is 15.7. The fraction of sp³-hybridized carbons (Fsp3) is 0.118. The van der Waals surface area contributed by atoms with E-state index >= 15 is 0 Å². The molecule has 0 saturated heterocycles. The Bertz CT molecular complexity index is 919. The highest BCUT2D eigenvalue weighted by Gasteiger charge is 2.13. The monoisotopic (exact) mass is 292 g/mol. The summed E-state index contributed by atoms with van der Waals surface area (Å²) in [4.78, 5) is 15.9. The Labute approximate surface area is 126 Å². The van der Waals surface area contributed by atoms with Gasteiger partial charge in [0, 0.05) is 5.56 Å². The van der Waals surface area contributed by atoms with Crippen molar-refractivity contribution in [1.82, 2.24) is 4.98 Å². The molecular weight excluding hydrogens is 280 g/mol. The van der Waals surface area contributed by atoms with E-state index in [9.17, 15) is 4.79 Å². The molecule has 0 amide bonds. The quantitative estimate of drug-likeness (QED) is 0.676. The van der Waals surface area contributed by atoms with Crippen LogP contribution >= 0.6 is 0 Å². The van der Waals surface area contributed by atoms with E-state index in [4.69, 9.17) is 9.68 Å². The molecule has 0 aliphatic heterocycles. The van der Waals surface area contributed by atoms with Gasteiger partial charge in [0.2, 0.25) is 5.89 Å². The third-order valence-electron chi connectivity index (χ3n) is 3.26. The van der Waals surface area contributed by atoms with Crippen molar-refractivity contribution in [3.8, 4) is 17.5 Å². The predicted molar refractivity (Wildman–Crippen MR) is 80.2 cm³/mol. The molecule has 2 aromatic carbocycles. The first kappa shape index (κ1) is 13.8. The number of carbonyl (C=O) groups is 1. The molecule has 1 heterocycles. The second kappa shape index (κ2) is 5.34. The first-order valence-electron chi connectivity index (χ1n) is 6.62. The van der Waals surface area contributed by atoms with Crippen molar-refractivity contribution in [2.45, 2.75) is 6.92 Å². The molecule has 0 N–H and O–H groups in total. The van der Waals surface area contributed by atoms with Gasteiger partial charge in [-0.3, -0.25) is 0 Å². The van der Waals surface area contributed by atoms with Crippen molar-refractivity contribution < 1.29 is 13.9 Å². The molecule has 0 saturated carbocycles. The van der Waals surface area contributed by atoms with E-state index in [1.807, 2.05) is 13.0 Å². The van der Waals surface area contributed by atoms with Gasteiger partial charge in [-0.05, 0) is 48.9 Å². The summed E-state index contributed by atoms with van der Waals surface area (Å²) in [7, 11) is 1.33. The highest BCUT2D eigenvalue weighted by molar-refractivity contribution is 5.93. The van der Waals surface area contributed by atoms with Crippen molar-refractivity contribution in [1.29, 1.82) is 5.26 Å². The molecule has 0 fully saturated rings. The first-order valence-corrected chi connectivity index (χ1v) is 6.62. The lowest BCUT2D eigenvalue weighted by molar-refractivity contribution is 0.0601. The number of aryl methyl sites for hydroxylation is 1. The highest BCUT2D eigenvalue weighted by Crippen LogP contribution is 2.26. The van der Waals surface area contributed by atoms with E-state index in [2.05, 4.69) is 15.8 Å². The van der Waals surface area contributed by atoms with E-state index in [1.54, 1.807) is 30.3 Å². The number of esters is 1. The number of rotatable bonds is 2. The summed E-state index contributed by atoms with van der Waals surface area (Å²) in [6, 6.07) is 12.5. The molecule has 5 nitrogen and oxygen atoms in total. The van der Waals surface area contributed by atoms with Crippen LogP contribution in [-0.2, 0) is 4.74 Å². The molecule has 0 aliphatic carbocycles. The predicted octanol–water partition coefficient (Wildman–Crippen LogP) is 3.46. The molecule has 0 radical (unpaired) electrons. The molecule has 0 bridgehead atoms. The average Bonchev–Trinajstić information content (AvgIpc) is 2.96. The number of ether oxygens (including phenoxy) is 1. The topological polar surface area (TPSA) is 76.1 Å². The molecule has 0 unspecified atom stereocenters. The molecule has 0 atom stereocenters. The first-order chi connectivity index (χ1) is 10.6. The molecule has 3 rings (SSSR count). The van der Waals surface area contributed by atoms with Crippen molar-refractivity contribution >= 4 is 17.1 Å².